The molecule has 128 valence electrons. The maximum atomic E-state index is 12.5. The van der Waals surface area contributed by atoms with E-state index in [4.69, 9.17) is 9.84 Å². The number of carbonyl (C=O) groups excluding carboxylic acids is 1. The smallest absolute Gasteiger partial charge is 0.306 e. The van der Waals surface area contributed by atoms with Crippen molar-refractivity contribution in [1.82, 2.24) is 4.98 Å². The molecule has 3 rings (SSSR count). The molecule has 1 aliphatic carbocycles. The number of amides is 1. The molecule has 1 fully saturated rings. The molecule has 0 aliphatic heterocycles. The highest BCUT2D eigenvalue weighted by Crippen LogP contribution is 2.35. The van der Waals surface area contributed by atoms with Gasteiger partial charge in [-0.15, -0.1) is 11.3 Å². The van der Waals surface area contributed by atoms with Crippen molar-refractivity contribution in [1.29, 1.82) is 0 Å². The monoisotopic (exact) mass is 348 g/mol. The summed E-state index contributed by atoms with van der Waals surface area (Å²) in [6.45, 7) is 1.94. The van der Waals surface area contributed by atoms with Crippen LogP contribution in [0, 0.1) is 18.8 Å². The minimum Gasteiger partial charge on any atom is -0.494 e. The number of aromatic nitrogens is 1. The van der Waals surface area contributed by atoms with Gasteiger partial charge in [0.25, 0.3) is 0 Å². The minimum absolute atomic E-state index is 0.0715. The van der Waals surface area contributed by atoms with Gasteiger partial charge in [0.1, 0.15) is 5.75 Å². The molecular weight excluding hydrogens is 328 g/mol. The van der Waals surface area contributed by atoms with Crippen LogP contribution in [0.3, 0.4) is 0 Å². The van der Waals surface area contributed by atoms with Crippen molar-refractivity contribution < 1.29 is 19.4 Å². The minimum atomic E-state index is -0.762. The average Bonchev–Trinajstić information content (AvgIpc) is 2.93. The molecule has 7 heteroatoms. The number of thiazole rings is 1. The number of carboxylic acid groups (broad SMARTS) is 1. The molecular formula is C17H20N2O4S. The summed E-state index contributed by atoms with van der Waals surface area (Å²) in [6, 6.07) is 3.72. The maximum Gasteiger partial charge on any atom is 0.306 e. The normalized spacial score (nSPS) is 20.8. The molecule has 0 radical (unpaired) electrons. The van der Waals surface area contributed by atoms with Crippen LogP contribution in [0.5, 0.6) is 5.75 Å². The SMILES string of the molecule is COc1cc2nc(C)sc2cc1NC(=O)C1CCC(C(=O)O)CC1. The second kappa shape index (κ2) is 6.76. The first-order valence-corrected chi connectivity index (χ1v) is 8.78. The van der Waals surface area contributed by atoms with E-state index in [1.54, 1.807) is 18.4 Å². The molecule has 1 amide bonds. The number of rotatable bonds is 4. The lowest BCUT2D eigenvalue weighted by atomic mass is 9.81. The Kier molecular flexibility index (Phi) is 4.71. The second-order valence-corrected chi connectivity index (χ2v) is 7.36. The van der Waals surface area contributed by atoms with E-state index in [1.807, 2.05) is 19.1 Å². The Bertz CT molecular complexity index is 778. The largest absolute Gasteiger partial charge is 0.494 e. The molecule has 0 atom stereocenters. The maximum absolute atomic E-state index is 12.5. The molecule has 2 N–H and O–H groups in total. The number of aliphatic carboxylic acids is 1. The predicted octanol–water partition coefficient (Wildman–Crippen LogP) is 3.44. The van der Waals surface area contributed by atoms with Gasteiger partial charge in [0, 0.05) is 12.0 Å². The number of anilines is 1. The summed E-state index contributed by atoms with van der Waals surface area (Å²) in [5.41, 5.74) is 1.49. The van der Waals surface area contributed by atoms with Gasteiger partial charge in [-0.05, 0) is 38.7 Å². The van der Waals surface area contributed by atoms with Crippen LogP contribution < -0.4 is 10.1 Å². The fraction of sp³-hybridized carbons (Fsp3) is 0.471. The van der Waals surface area contributed by atoms with E-state index in [2.05, 4.69) is 10.3 Å². The van der Waals surface area contributed by atoms with Crippen LogP contribution in [0.1, 0.15) is 30.7 Å². The number of aryl methyl sites for hydroxylation is 1. The average molecular weight is 348 g/mol. The number of methoxy groups -OCH3 is 1. The molecule has 0 spiro atoms. The highest BCUT2D eigenvalue weighted by molar-refractivity contribution is 7.18. The third-order valence-corrected chi connectivity index (χ3v) is 5.46. The van der Waals surface area contributed by atoms with Crippen molar-refractivity contribution in [2.24, 2.45) is 11.8 Å². The van der Waals surface area contributed by atoms with Crippen molar-refractivity contribution in [3.8, 4) is 5.75 Å². The molecule has 6 nitrogen and oxygen atoms in total. The van der Waals surface area contributed by atoms with E-state index in [0.29, 0.717) is 37.1 Å². The Hall–Kier alpha value is -2.15. The van der Waals surface area contributed by atoms with E-state index >= 15 is 0 Å². The van der Waals surface area contributed by atoms with Crippen molar-refractivity contribution in [3.63, 3.8) is 0 Å². The molecule has 1 heterocycles. The Morgan fingerprint density at radius 3 is 2.54 bits per heavy atom. The van der Waals surface area contributed by atoms with Gasteiger partial charge in [-0.1, -0.05) is 0 Å². The third kappa shape index (κ3) is 3.36. The van der Waals surface area contributed by atoms with Crippen molar-refractivity contribution in [3.05, 3.63) is 17.1 Å². The van der Waals surface area contributed by atoms with Gasteiger partial charge in [0.05, 0.1) is 33.9 Å². The molecule has 1 aliphatic rings. The Balaban J connectivity index is 1.74. The van der Waals surface area contributed by atoms with Gasteiger partial charge in [0.2, 0.25) is 5.91 Å². The van der Waals surface area contributed by atoms with Crippen LogP contribution in [0.4, 0.5) is 5.69 Å². The fourth-order valence-corrected chi connectivity index (χ4v) is 4.02. The number of nitrogens with one attached hydrogen (secondary N) is 1. The van der Waals surface area contributed by atoms with E-state index in [1.165, 1.54) is 0 Å². The topological polar surface area (TPSA) is 88.5 Å². The first-order chi connectivity index (χ1) is 11.5. The standard InChI is InChI=1S/C17H20N2O4S/c1-9-18-13-7-14(23-2)12(8-15(13)24-9)19-16(20)10-3-5-11(6-4-10)17(21)22/h7-8,10-11H,3-6H2,1-2H3,(H,19,20)(H,21,22). The van der Waals surface area contributed by atoms with Crippen molar-refractivity contribution >= 4 is 39.1 Å². The Morgan fingerprint density at radius 2 is 1.92 bits per heavy atom. The Labute approximate surface area is 143 Å². The zero-order chi connectivity index (χ0) is 17.3. The lowest BCUT2D eigenvalue weighted by Gasteiger charge is -2.25. The number of hydrogen-bond acceptors (Lipinski definition) is 5. The number of fused-ring (bicyclic) bond motifs is 1. The molecule has 1 aromatic carbocycles. The molecule has 2 aromatic rings. The first-order valence-electron chi connectivity index (χ1n) is 7.96. The quantitative estimate of drug-likeness (QED) is 0.883. The van der Waals surface area contributed by atoms with Crippen LogP contribution in [-0.2, 0) is 9.59 Å². The molecule has 1 saturated carbocycles. The van der Waals surface area contributed by atoms with Crippen LogP contribution in [-0.4, -0.2) is 29.1 Å². The number of benzene rings is 1. The fourth-order valence-electron chi connectivity index (χ4n) is 3.17. The zero-order valence-electron chi connectivity index (χ0n) is 13.7. The van der Waals surface area contributed by atoms with Gasteiger partial charge in [0.15, 0.2) is 0 Å². The van der Waals surface area contributed by atoms with Gasteiger partial charge >= 0.3 is 5.97 Å². The van der Waals surface area contributed by atoms with Gasteiger partial charge < -0.3 is 15.2 Å². The summed E-state index contributed by atoms with van der Waals surface area (Å²) in [5.74, 6) is -0.719. The third-order valence-electron chi connectivity index (χ3n) is 4.52. The van der Waals surface area contributed by atoms with Crippen LogP contribution in [0.2, 0.25) is 0 Å². The summed E-state index contributed by atoms with van der Waals surface area (Å²) in [6.07, 6.45) is 2.31. The highest BCUT2D eigenvalue weighted by atomic mass is 32.1. The van der Waals surface area contributed by atoms with Crippen LogP contribution in [0.25, 0.3) is 10.2 Å². The summed E-state index contributed by atoms with van der Waals surface area (Å²) in [5, 5.41) is 13.0. The van der Waals surface area contributed by atoms with Gasteiger partial charge in [-0.3, -0.25) is 9.59 Å². The number of nitrogens with zero attached hydrogens (tertiary/aromatic N) is 1. The molecule has 1 aromatic heterocycles. The zero-order valence-corrected chi connectivity index (χ0v) is 14.5. The molecule has 0 saturated heterocycles. The van der Waals surface area contributed by atoms with E-state index < -0.39 is 5.97 Å². The Morgan fingerprint density at radius 1 is 1.25 bits per heavy atom. The predicted molar refractivity (Wildman–Crippen MR) is 92.6 cm³/mol. The first kappa shape index (κ1) is 16.7. The van der Waals surface area contributed by atoms with E-state index in [-0.39, 0.29) is 17.7 Å². The summed E-state index contributed by atoms with van der Waals surface area (Å²) in [4.78, 5) is 28.0. The second-order valence-electron chi connectivity index (χ2n) is 6.13. The molecule has 0 unspecified atom stereocenters. The number of carboxylic acids is 1. The van der Waals surface area contributed by atoms with E-state index in [9.17, 15) is 9.59 Å². The lowest BCUT2D eigenvalue weighted by Crippen LogP contribution is -2.29. The summed E-state index contributed by atoms with van der Waals surface area (Å²) in [7, 11) is 1.56. The lowest BCUT2D eigenvalue weighted by molar-refractivity contribution is -0.143. The van der Waals surface area contributed by atoms with Gasteiger partial charge in [-0.2, -0.15) is 0 Å². The van der Waals surface area contributed by atoms with Crippen LogP contribution in [0.15, 0.2) is 12.1 Å². The van der Waals surface area contributed by atoms with Crippen molar-refractivity contribution in [2.75, 3.05) is 12.4 Å². The van der Waals surface area contributed by atoms with Crippen LogP contribution >= 0.6 is 11.3 Å². The number of ether oxygens (including phenoxy) is 1. The van der Waals surface area contributed by atoms with Crippen molar-refractivity contribution in [2.45, 2.75) is 32.6 Å². The summed E-state index contributed by atoms with van der Waals surface area (Å²) >= 11 is 1.57. The number of hydrogen-bond donors (Lipinski definition) is 2. The van der Waals surface area contributed by atoms with Gasteiger partial charge in [-0.25, -0.2) is 4.98 Å². The number of carbonyl (C=O) groups is 2. The summed E-state index contributed by atoms with van der Waals surface area (Å²) < 4.78 is 6.37. The van der Waals surface area contributed by atoms with E-state index in [0.717, 1.165) is 15.2 Å². The molecule has 24 heavy (non-hydrogen) atoms. The molecule has 0 bridgehead atoms. The highest BCUT2D eigenvalue weighted by Gasteiger charge is 2.30.